The SMILES string of the molecule is N#Cc1ccc[n+](CC(=NO)c2ccc3ccccc3c2)c1.[I-]. The van der Waals surface area contributed by atoms with Crippen LogP contribution in [0.15, 0.2) is 72.1 Å². The van der Waals surface area contributed by atoms with E-state index >= 15 is 0 Å². The van der Waals surface area contributed by atoms with E-state index in [9.17, 15) is 5.21 Å². The highest BCUT2D eigenvalue weighted by Crippen LogP contribution is 2.16. The van der Waals surface area contributed by atoms with Gasteiger partial charge in [-0.1, -0.05) is 41.6 Å². The number of benzene rings is 2. The lowest BCUT2D eigenvalue weighted by atomic mass is 10.0. The summed E-state index contributed by atoms with van der Waals surface area (Å²) in [4.78, 5) is 0. The molecule has 0 saturated carbocycles. The number of hydrogen-bond donors (Lipinski definition) is 1. The van der Waals surface area contributed by atoms with Gasteiger partial charge >= 0.3 is 0 Å². The van der Waals surface area contributed by atoms with Crippen molar-refractivity contribution < 1.29 is 33.8 Å². The normalized spacial score (nSPS) is 10.8. The second-order valence-electron chi connectivity index (χ2n) is 4.99. The van der Waals surface area contributed by atoms with E-state index in [0.717, 1.165) is 16.3 Å². The van der Waals surface area contributed by atoms with E-state index < -0.39 is 0 Å². The summed E-state index contributed by atoms with van der Waals surface area (Å²) in [5, 5.41) is 24.0. The second kappa shape index (κ2) is 7.70. The molecule has 0 amide bonds. The fraction of sp³-hybridized carbons (Fsp3) is 0.0556. The fourth-order valence-electron chi connectivity index (χ4n) is 2.41. The number of pyridine rings is 1. The summed E-state index contributed by atoms with van der Waals surface area (Å²) in [5.74, 6) is 0. The molecule has 0 radical (unpaired) electrons. The molecular formula is C18H14IN3O. The molecule has 23 heavy (non-hydrogen) atoms. The zero-order chi connectivity index (χ0) is 15.4. The molecule has 1 aromatic heterocycles. The maximum absolute atomic E-state index is 9.35. The summed E-state index contributed by atoms with van der Waals surface area (Å²) in [5.41, 5.74) is 1.97. The van der Waals surface area contributed by atoms with Crippen molar-refractivity contribution in [2.24, 2.45) is 5.16 Å². The largest absolute Gasteiger partial charge is 1.00 e. The molecule has 1 N–H and O–H groups in total. The predicted molar refractivity (Wildman–Crippen MR) is 83.6 cm³/mol. The van der Waals surface area contributed by atoms with E-state index in [-0.39, 0.29) is 24.0 Å². The molecule has 0 saturated heterocycles. The first-order valence-electron chi connectivity index (χ1n) is 6.89. The standard InChI is InChI=1S/C18H13N3O.HI/c19-11-14-4-3-9-21(12-14)13-18(20-22)17-8-7-15-5-1-2-6-16(15)10-17;/h1-10,12H,13H2;1H. The van der Waals surface area contributed by atoms with Gasteiger partial charge in [0.2, 0.25) is 0 Å². The molecule has 0 aliphatic rings. The van der Waals surface area contributed by atoms with Crippen LogP contribution in [0, 0.1) is 11.3 Å². The summed E-state index contributed by atoms with van der Waals surface area (Å²) in [6.45, 7) is 0.393. The average Bonchev–Trinajstić information content (AvgIpc) is 2.59. The molecule has 0 spiro atoms. The Hall–Kier alpha value is -2.46. The Morgan fingerprint density at radius 1 is 1.09 bits per heavy atom. The minimum Gasteiger partial charge on any atom is -1.00 e. The first-order valence-corrected chi connectivity index (χ1v) is 6.89. The minimum atomic E-state index is 0. The molecule has 1 heterocycles. The van der Waals surface area contributed by atoms with E-state index in [4.69, 9.17) is 5.26 Å². The van der Waals surface area contributed by atoms with Gasteiger partial charge in [0.1, 0.15) is 11.6 Å². The van der Waals surface area contributed by atoms with Crippen LogP contribution in [0.1, 0.15) is 11.1 Å². The summed E-state index contributed by atoms with van der Waals surface area (Å²) in [7, 11) is 0. The van der Waals surface area contributed by atoms with Crippen molar-refractivity contribution >= 4 is 16.5 Å². The molecule has 114 valence electrons. The number of halogens is 1. The van der Waals surface area contributed by atoms with Crippen molar-refractivity contribution in [3.05, 3.63) is 78.1 Å². The molecule has 0 fully saturated rings. The van der Waals surface area contributed by atoms with Crippen LogP contribution in [0.3, 0.4) is 0 Å². The third kappa shape index (κ3) is 3.85. The topological polar surface area (TPSA) is 60.3 Å². The first-order chi connectivity index (χ1) is 10.8. The van der Waals surface area contributed by atoms with Gasteiger partial charge < -0.3 is 29.2 Å². The van der Waals surface area contributed by atoms with E-state index in [1.165, 1.54) is 0 Å². The van der Waals surface area contributed by atoms with E-state index in [0.29, 0.717) is 17.8 Å². The second-order valence-corrected chi connectivity index (χ2v) is 4.99. The van der Waals surface area contributed by atoms with Gasteiger partial charge in [-0.05, 0) is 22.9 Å². The van der Waals surface area contributed by atoms with Gasteiger partial charge in [0, 0.05) is 11.6 Å². The number of nitrogens with zero attached hydrogens (tertiary/aromatic N) is 3. The molecule has 0 aliphatic carbocycles. The third-order valence-corrected chi connectivity index (χ3v) is 3.52. The molecule has 4 nitrogen and oxygen atoms in total. The molecular weight excluding hydrogens is 401 g/mol. The van der Waals surface area contributed by atoms with Gasteiger partial charge in [0.25, 0.3) is 0 Å². The van der Waals surface area contributed by atoms with Gasteiger partial charge in [-0.3, -0.25) is 0 Å². The molecule has 0 atom stereocenters. The van der Waals surface area contributed by atoms with Gasteiger partial charge in [-0.15, -0.1) is 0 Å². The number of hydrogen-bond acceptors (Lipinski definition) is 3. The van der Waals surface area contributed by atoms with E-state index in [1.54, 1.807) is 18.3 Å². The van der Waals surface area contributed by atoms with Gasteiger partial charge in [-0.25, -0.2) is 0 Å². The summed E-state index contributed by atoms with van der Waals surface area (Å²) in [6, 6.07) is 19.6. The Morgan fingerprint density at radius 2 is 1.87 bits per heavy atom. The lowest BCUT2D eigenvalue weighted by molar-refractivity contribution is -0.682. The zero-order valence-corrected chi connectivity index (χ0v) is 14.4. The Morgan fingerprint density at radius 3 is 2.61 bits per heavy atom. The molecule has 0 bridgehead atoms. The van der Waals surface area contributed by atoms with Crippen molar-refractivity contribution in [1.29, 1.82) is 5.26 Å². The zero-order valence-electron chi connectivity index (χ0n) is 12.2. The minimum absolute atomic E-state index is 0. The van der Waals surface area contributed by atoms with Gasteiger partial charge in [0.15, 0.2) is 24.7 Å². The fourth-order valence-corrected chi connectivity index (χ4v) is 2.41. The number of rotatable bonds is 3. The molecule has 5 heteroatoms. The Balaban J connectivity index is 0.00000192. The van der Waals surface area contributed by atoms with Crippen LogP contribution in [-0.2, 0) is 6.54 Å². The molecule has 3 aromatic rings. The predicted octanol–water partition coefficient (Wildman–Crippen LogP) is -0.119. The lowest BCUT2D eigenvalue weighted by Gasteiger charge is -2.04. The number of nitriles is 1. The van der Waals surface area contributed by atoms with Crippen molar-refractivity contribution in [3.63, 3.8) is 0 Å². The van der Waals surface area contributed by atoms with Gasteiger partial charge in [0.05, 0.1) is 0 Å². The van der Waals surface area contributed by atoms with E-state index in [1.807, 2.05) is 53.2 Å². The molecule has 0 aliphatic heterocycles. The van der Waals surface area contributed by atoms with E-state index in [2.05, 4.69) is 11.2 Å². The summed E-state index contributed by atoms with van der Waals surface area (Å²) >= 11 is 0. The smallest absolute Gasteiger partial charge is 0.194 e. The average molecular weight is 415 g/mol. The van der Waals surface area contributed by atoms with Crippen LogP contribution in [0.5, 0.6) is 0 Å². The van der Waals surface area contributed by atoms with Crippen molar-refractivity contribution in [2.45, 2.75) is 6.54 Å². The van der Waals surface area contributed by atoms with Crippen LogP contribution in [-0.4, -0.2) is 10.9 Å². The Bertz CT molecular complexity index is 900. The quantitative estimate of drug-likeness (QED) is 0.213. The number of fused-ring (bicyclic) bond motifs is 1. The molecule has 0 unspecified atom stereocenters. The highest BCUT2D eigenvalue weighted by molar-refractivity contribution is 6.02. The number of aromatic nitrogens is 1. The van der Waals surface area contributed by atoms with Crippen LogP contribution in [0.4, 0.5) is 0 Å². The van der Waals surface area contributed by atoms with Crippen LogP contribution >= 0.6 is 0 Å². The summed E-state index contributed by atoms with van der Waals surface area (Å²) in [6.07, 6.45) is 3.57. The van der Waals surface area contributed by atoms with Crippen molar-refractivity contribution in [1.82, 2.24) is 0 Å². The maximum atomic E-state index is 9.35. The van der Waals surface area contributed by atoms with Gasteiger partial charge in [-0.2, -0.15) is 9.83 Å². The maximum Gasteiger partial charge on any atom is 0.194 e. The summed E-state index contributed by atoms with van der Waals surface area (Å²) < 4.78 is 1.82. The highest BCUT2D eigenvalue weighted by Gasteiger charge is 2.12. The highest BCUT2D eigenvalue weighted by atomic mass is 127. The molecule has 2 aromatic carbocycles. The van der Waals surface area contributed by atoms with Crippen LogP contribution in [0.25, 0.3) is 10.8 Å². The number of oxime groups is 1. The first kappa shape index (κ1) is 16.9. The monoisotopic (exact) mass is 415 g/mol. The van der Waals surface area contributed by atoms with Crippen molar-refractivity contribution in [3.8, 4) is 6.07 Å². The van der Waals surface area contributed by atoms with Crippen LogP contribution in [0.2, 0.25) is 0 Å². The third-order valence-electron chi connectivity index (χ3n) is 3.52. The Kier molecular flexibility index (Phi) is 5.66. The Labute approximate surface area is 151 Å². The lowest BCUT2D eigenvalue weighted by Crippen LogP contribution is -3.00. The van der Waals surface area contributed by atoms with Crippen molar-refractivity contribution in [2.75, 3.05) is 0 Å². The molecule has 3 rings (SSSR count). The van der Waals surface area contributed by atoms with Crippen LogP contribution < -0.4 is 28.5 Å².